The predicted octanol–water partition coefficient (Wildman–Crippen LogP) is 5.94. The van der Waals surface area contributed by atoms with Gasteiger partial charge < -0.3 is 36.4 Å². The zero-order valence-electron chi connectivity index (χ0n) is 27.8. The van der Waals surface area contributed by atoms with E-state index in [0.717, 1.165) is 11.3 Å². The van der Waals surface area contributed by atoms with Crippen LogP contribution in [0.15, 0.2) is 102 Å². The number of halogens is 4. The molecule has 17 heteroatoms. The molecule has 0 radical (unpaired) electrons. The molecule has 0 bridgehead atoms. The molecule has 1 saturated carbocycles. The van der Waals surface area contributed by atoms with Crippen molar-refractivity contribution < 1.29 is 37.4 Å². The van der Waals surface area contributed by atoms with E-state index in [-0.39, 0.29) is 41.9 Å². The van der Waals surface area contributed by atoms with Crippen LogP contribution in [-0.2, 0) is 15.1 Å². The summed E-state index contributed by atoms with van der Waals surface area (Å²) in [7, 11) is 0. The highest BCUT2D eigenvalue weighted by Gasteiger charge is 2.45. The highest BCUT2D eigenvalue weighted by molar-refractivity contribution is 6.30. The maximum atomic E-state index is 13.0. The van der Waals surface area contributed by atoms with Crippen LogP contribution in [0.4, 0.5) is 36.4 Å². The van der Waals surface area contributed by atoms with Crippen LogP contribution in [0, 0.1) is 0 Å². The third-order valence-corrected chi connectivity index (χ3v) is 8.57. The van der Waals surface area contributed by atoms with E-state index in [2.05, 4.69) is 48.1 Å². The van der Waals surface area contributed by atoms with E-state index in [9.17, 15) is 32.7 Å². The number of allylic oxidation sites excluding steroid dienone is 2. The minimum Gasteiger partial charge on any atom is -0.480 e. The first-order valence-corrected chi connectivity index (χ1v) is 16.6. The maximum Gasteiger partial charge on any atom is 0.422 e. The number of para-hydroxylation sites is 1. The molecular weight excluding hydrogens is 717 g/mol. The van der Waals surface area contributed by atoms with E-state index < -0.39 is 42.3 Å². The number of ether oxygens (including phenoxy) is 1. The Morgan fingerprint density at radius 2 is 1.57 bits per heavy atom. The van der Waals surface area contributed by atoms with Crippen LogP contribution in [0.2, 0.25) is 5.02 Å². The number of hydrogen-bond acceptors (Lipinski definition) is 11. The molecule has 0 spiro atoms. The number of carboxylic acids is 1. The first kappa shape index (κ1) is 36.6. The molecule has 274 valence electrons. The maximum absolute atomic E-state index is 13.0. The normalized spacial score (nSPS) is 15.2. The number of nitrogens with zero attached hydrogens (tertiary/aromatic N) is 3. The van der Waals surface area contributed by atoms with Crippen molar-refractivity contribution in [1.29, 1.82) is 0 Å². The van der Waals surface area contributed by atoms with Gasteiger partial charge in [-0.2, -0.15) is 28.1 Å². The lowest BCUT2D eigenvalue weighted by atomic mass is 9.92. The number of Topliss-reactive ketones (excluding diaryl/α,β-unsaturated/α-hetero) is 1. The summed E-state index contributed by atoms with van der Waals surface area (Å²) in [5.41, 5.74) is 2.65. The zero-order valence-corrected chi connectivity index (χ0v) is 28.5. The summed E-state index contributed by atoms with van der Waals surface area (Å²) >= 11 is 6.03. The van der Waals surface area contributed by atoms with Crippen LogP contribution in [0.5, 0.6) is 6.01 Å². The minimum absolute atomic E-state index is 0.0242. The quantitative estimate of drug-likeness (QED) is 0.0745. The van der Waals surface area contributed by atoms with Crippen molar-refractivity contribution in [2.45, 2.75) is 37.0 Å². The molecule has 1 heterocycles. The number of carboxylic acid groups (broad SMARTS) is 1. The average Bonchev–Trinajstić information content (AvgIpc) is 3.91. The van der Waals surface area contributed by atoms with Crippen LogP contribution in [0.25, 0.3) is 0 Å². The minimum atomic E-state index is -4.63. The summed E-state index contributed by atoms with van der Waals surface area (Å²) in [6.45, 7) is 2.21. The molecule has 2 aliphatic rings. The molecule has 1 atom stereocenters. The van der Waals surface area contributed by atoms with Gasteiger partial charge in [-0.25, -0.2) is 4.79 Å². The van der Waals surface area contributed by atoms with Crippen LogP contribution in [-0.4, -0.2) is 63.1 Å². The molecule has 1 amide bonds. The average molecular weight is 749 g/mol. The lowest BCUT2D eigenvalue weighted by Crippen LogP contribution is -2.43. The number of aromatic nitrogens is 3. The predicted molar refractivity (Wildman–Crippen MR) is 190 cm³/mol. The molecule has 0 unspecified atom stereocenters. The monoisotopic (exact) mass is 748 g/mol. The standard InChI is InChI=1S/C36H32ClF3N8O5/c1-20-27(42-24-5-3-2-4-6-24)28(29(20)49)41-18-15-26(31(51)52)44-30(50)21-7-13-25(14-8-21)43-32-45-33(47-34(46-32)53-19-36(38,39)40)48-35(16-17-35)22-9-11-23(37)12-10-22/h2-14,26,41-42H,1,15-19H2,(H,44,50)(H,51,52)(H2,43,45,46,47,48)/t26-/m0/s1. The summed E-state index contributed by atoms with van der Waals surface area (Å²) in [6, 6.07) is 20.2. The molecular formula is C36H32ClF3N8O5. The van der Waals surface area contributed by atoms with Crippen LogP contribution in [0.3, 0.4) is 0 Å². The first-order chi connectivity index (χ1) is 25.3. The van der Waals surface area contributed by atoms with Gasteiger partial charge in [0.2, 0.25) is 17.7 Å². The fourth-order valence-electron chi connectivity index (χ4n) is 5.39. The van der Waals surface area contributed by atoms with Crippen molar-refractivity contribution in [3.63, 3.8) is 0 Å². The first-order valence-electron chi connectivity index (χ1n) is 16.2. The third kappa shape index (κ3) is 9.20. The summed E-state index contributed by atoms with van der Waals surface area (Å²) in [5.74, 6) is -2.40. The van der Waals surface area contributed by atoms with Crippen molar-refractivity contribution in [2.75, 3.05) is 29.1 Å². The number of rotatable bonds is 16. The summed E-state index contributed by atoms with van der Waals surface area (Å²) in [4.78, 5) is 49.7. The Hall–Kier alpha value is -6.16. The topological polar surface area (TPSA) is 179 Å². The SMILES string of the molecule is C=C1C(=O)C(NCC[C@H](NC(=O)c2ccc(Nc3nc(NC4(c5ccc(Cl)cc5)CC4)nc(OCC(F)(F)F)n3)cc2)C(=O)O)=C1Nc1ccccc1. The zero-order chi connectivity index (χ0) is 37.8. The van der Waals surface area contributed by atoms with E-state index in [1.165, 1.54) is 24.3 Å². The molecule has 6 N–H and O–H groups in total. The number of carbonyl (C=O) groups is 3. The lowest BCUT2D eigenvalue weighted by molar-refractivity contribution is -0.154. The fourth-order valence-corrected chi connectivity index (χ4v) is 5.51. The number of nitrogens with one attached hydrogen (secondary N) is 5. The highest BCUT2D eigenvalue weighted by atomic mass is 35.5. The van der Waals surface area contributed by atoms with Gasteiger partial charge in [0.15, 0.2) is 6.61 Å². The van der Waals surface area contributed by atoms with Crippen molar-refractivity contribution >= 4 is 52.5 Å². The van der Waals surface area contributed by atoms with Gasteiger partial charge >= 0.3 is 18.2 Å². The fraction of sp³-hybridized carbons (Fsp3) is 0.222. The van der Waals surface area contributed by atoms with Gasteiger partial charge in [0.25, 0.3) is 5.91 Å². The van der Waals surface area contributed by atoms with E-state index in [1.807, 2.05) is 42.5 Å². The number of anilines is 4. The molecule has 13 nitrogen and oxygen atoms in total. The molecule has 4 aromatic rings. The number of aliphatic carboxylic acids is 1. The Balaban J connectivity index is 1.09. The number of amides is 1. The number of alkyl halides is 3. The number of benzene rings is 3. The second-order valence-electron chi connectivity index (χ2n) is 12.2. The summed E-state index contributed by atoms with van der Waals surface area (Å²) in [5, 5.41) is 24.9. The van der Waals surface area contributed by atoms with E-state index in [1.54, 1.807) is 12.1 Å². The third-order valence-electron chi connectivity index (χ3n) is 8.32. The van der Waals surface area contributed by atoms with Gasteiger partial charge in [-0.05, 0) is 73.4 Å². The number of hydrogen-bond donors (Lipinski definition) is 6. The molecule has 53 heavy (non-hydrogen) atoms. The van der Waals surface area contributed by atoms with E-state index in [0.29, 0.717) is 34.8 Å². The highest BCUT2D eigenvalue weighted by Crippen LogP contribution is 2.48. The van der Waals surface area contributed by atoms with E-state index in [4.69, 9.17) is 16.3 Å². The van der Waals surface area contributed by atoms with E-state index >= 15 is 0 Å². The number of carbonyl (C=O) groups excluding carboxylic acids is 2. The second kappa shape index (κ2) is 15.2. The van der Waals surface area contributed by atoms with Crippen molar-refractivity contribution in [2.24, 2.45) is 0 Å². The Bertz CT molecular complexity index is 2060. The Morgan fingerprint density at radius 1 is 0.906 bits per heavy atom. The molecule has 3 aromatic carbocycles. The van der Waals surface area contributed by atoms with Gasteiger partial charge in [-0.3, -0.25) is 9.59 Å². The molecule has 0 aliphatic heterocycles. The van der Waals surface area contributed by atoms with Crippen molar-refractivity contribution in [3.05, 3.63) is 119 Å². The Morgan fingerprint density at radius 3 is 2.21 bits per heavy atom. The van der Waals surface area contributed by atoms with Crippen LogP contribution in [0.1, 0.15) is 35.2 Å². The van der Waals surface area contributed by atoms with Gasteiger partial charge in [-0.15, -0.1) is 0 Å². The van der Waals surface area contributed by atoms with Gasteiger partial charge in [0.05, 0.1) is 11.2 Å². The smallest absolute Gasteiger partial charge is 0.422 e. The van der Waals surface area contributed by atoms with Crippen molar-refractivity contribution in [1.82, 2.24) is 25.6 Å². The molecule has 1 fully saturated rings. The summed E-state index contributed by atoms with van der Waals surface area (Å²) < 4.78 is 43.7. The number of ketones is 1. The van der Waals surface area contributed by atoms with Crippen LogP contribution < -0.4 is 31.3 Å². The lowest BCUT2D eigenvalue weighted by Gasteiger charge is -2.27. The molecule has 2 aliphatic carbocycles. The molecule has 1 aromatic heterocycles. The summed E-state index contributed by atoms with van der Waals surface area (Å²) in [6.07, 6.45) is -3.25. The Labute approximate surface area is 305 Å². The van der Waals surface area contributed by atoms with Crippen LogP contribution >= 0.6 is 11.6 Å². The van der Waals surface area contributed by atoms with Gasteiger partial charge in [0.1, 0.15) is 11.7 Å². The van der Waals surface area contributed by atoms with Gasteiger partial charge in [0, 0.05) is 34.1 Å². The van der Waals surface area contributed by atoms with Gasteiger partial charge in [-0.1, -0.05) is 48.5 Å². The largest absolute Gasteiger partial charge is 0.480 e. The second-order valence-corrected chi connectivity index (χ2v) is 12.7. The van der Waals surface area contributed by atoms with Crippen molar-refractivity contribution in [3.8, 4) is 6.01 Å². The molecule has 6 rings (SSSR count). The molecule has 0 saturated heterocycles. The Kier molecular flexibility index (Phi) is 10.5.